The Morgan fingerprint density at radius 3 is 2.65 bits per heavy atom. The first-order chi connectivity index (χ1) is 9.56. The second-order valence-corrected chi connectivity index (χ2v) is 5.30. The largest absolute Gasteiger partial charge is 0.477 e. The predicted molar refractivity (Wildman–Crippen MR) is 81.5 cm³/mol. The number of amides is 1. The molecule has 20 heavy (non-hydrogen) atoms. The highest BCUT2D eigenvalue weighted by Crippen LogP contribution is 2.08. The van der Waals surface area contributed by atoms with Crippen LogP contribution in [0.25, 0.3) is 0 Å². The van der Waals surface area contributed by atoms with Crippen molar-refractivity contribution < 1.29 is 14.7 Å². The van der Waals surface area contributed by atoms with E-state index in [4.69, 9.17) is 5.11 Å². The second-order valence-electron chi connectivity index (χ2n) is 4.05. The Labute approximate surface area is 129 Å². The van der Waals surface area contributed by atoms with Crippen molar-refractivity contribution in [3.63, 3.8) is 0 Å². The molecule has 0 spiro atoms. The highest BCUT2D eigenvalue weighted by atomic mass is 127. The predicted octanol–water partition coefficient (Wildman–Crippen LogP) is 2.31. The molecule has 2 N–H and O–H groups in total. The highest BCUT2D eigenvalue weighted by Gasteiger charge is 2.07. The van der Waals surface area contributed by atoms with E-state index in [-0.39, 0.29) is 11.6 Å². The van der Waals surface area contributed by atoms with Gasteiger partial charge in [0.2, 0.25) is 0 Å². The van der Waals surface area contributed by atoms with Crippen molar-refractivity contribution >= 4 is 34.5 Å². The molecule has 0 aliphatic carbocycles. The van der Waals surface area contributed by atoms with Crippen LogP contribution in [-0.2, 0) is 6.54 Å². The first-order valence-electron chi connectivity index (χ1n) is 5.78. The van der Waals surface area contributed by atoms with Gasteiger partial charge in [-0.25, -0.2) is 9.78 Å². The topological polar surface area (TPSA) is 79.3 Å². The van der Waals surface area contributed by atoms with Crippen molar-refractivity contribution in [3.05, 3.63) is 63.0 Å². The first kappa shape index (κ1) is 14.4. The Hall–Kier alpha value is -1.96. The van der Waals surface area contributed by atoms with Crippen molar-refractivity contribution in [3.8, 4) is 0 Å². The molecule has 2 aromatic rings. The number of halogens is 1. The van der Waals surface area contributed by atoms with Gasteiger partial charge in [0.05, 0.1) is 0 Å². The molecule has 102 valence electrons. The Kier molecular flexibility index (Phi) is 4.67. The third kappa shape index (κ3) is 3.77. The maximum absolute atomic E-state index is 11.9. The molecule has 0 radical (unpaired) electrons. The van der Waals surface area contributed by atoms with Crippen molar-refractivity contribution in [2.75, 3.05) is 0 Å². The van der Waals surface area contributed by atoms with E-state index in [2.05, 4.69) is 32.9 Å². The van der Waals surface area contributed by atoms with Crippen molar-refractivity contribution in [1.82, 2.24) is 10.3 Å². The summed E-state index contributed by atoms with van der Waals surface area (Å²) in [7, 11) is 0. The highest BCUT2D eigenvalue weighted by molar-refractivity contribution is 14.1. The van der Waals surface area contributed by atoms with E-state index in [0.29, 0.717) is 12.1 Å². The summed E-state index contributed by atoms with van der Waals surface area (Å²) in [4.78, 5) is 26.4. The first-order valence-corrected chi connectivity index (χ1v) is 6.86. The van der Waals surface area contributed by atoms with Gasteiger partial charge in [0.15, 0.2) is 0 Å². The molecule has 6 heteroatoms. The average Bonchev–Trinajstić information content (AvgIpc) is 2.45. The molecule has 1 heterocycles. The molecule has 0 unspecified atom stereocenters. The van der Waals surface area contributed by atoms with E-state index < -0.39 is 5.97 Å². The molecule has 0 fully saturated rings. The Balaban J connectivity index is 1.98. The number of benzene rings is 1. The molecular formula is C14H11IN2O3. The van der Waals surface area contributed by atoms with E-state index in [1.165, 1.54) is 12.3 Å². The van der Waals surface area contributed by atoms with Crippen molar-refractivity contribution in [2.45, 2.75) is 6.54 Å². The normalized spacial score (nSPS) is 10.1. The van der Waals surface area contributed by atoms with Crippen LogP contribution in [-0.4, -0.2) is 22.0 Å². The third-order valence-corrected chi connectivity index (χ3v) is 3.25. The van der Waals surface area contributed by atoms with E-state index in [1.807, 2.05) is 12.1 Å². The maximum atomic E-state index is 11.9. The van der Waals surface area contributed by atoms with E-state index >= 15 is 0 Å². The van der Waals surface area contributed by atoms with Gasteiger partial charge in [-0.05, 0) is 52.4 Å². The molecule has 0 saturated heterocycles. The number of nitrogens with zero attached hydrogens (tertiary/aromatic N) is 1. The van der Waals surface area contributed by atoms with Crippen LogP contribution >= 0.6 is 22.6 Å². The zero-order valence-electron chi connectivity index (χ0n) is 10.3. The third-order valence-electron chi connectivity index (χ3n) is 2.58. The molecule has 1 aromatic carbocycles. The van der Waals surface area contributed by atoms with Crippen LogP contribution in [0.15, 0.2) is 42.6 Å². The van der Waals surface area contributed by atoms with Crippen LogP contribution in [0.3, 0.4) is 0 Å². The van der Waals surface area contributed by atoms with E-state index in [0.717, 1.165) is 9.13 Å². The van der Waals surface area contributed by atoms with Gasteiger partial charge in [0.25, 0.3) is 5.91 Å². The monoisotopic (exact) mass is 382 g/mol. The minimum Gasteiger partial charge on any atom is -0.477 e. The molecule has 0 aliphatic heterocycles. The lowest BCUT2D eigenvalue weighted by Gasteiger charge is -2.05. The zero-order valence-corrected chi connectivity index (χ0v) is 12.5. The van der Waals surface area contributed by atoms with E-state index in [1.54, 1.807) is 18.2 Å². The SMILES string of the molecule is O=C(NCc1ccc(C(=O)O)nc1)c1cccc(I)c1. The summed E-state index contributed by atoms with van der Waals surface area (Å²) < 4.78 is 0.989. The smallest absolute Gasteiger partial charge is 0.354 e. The van der Waals surface area contributed by atoms with Gasteiger partial charge in [-0.3, -0.25) is 4.79 Å². The molecule has 2 rings (SSSR count). The number of nitrogens with one attached hydrogen (secondary N) is 1. The number of pyridine rings is 1. The summed E-state index contributed by atoms with van der Waals surface area (Å²) in [6.07, 6.45) is 1.44. The van der Waals surface area contributed by atoms with Gasteiger partial charge >= 0.3 is 5.97 Å². The summed E-state index contributed by atoms with van der Waals surface area (Å²) in [5.41, 5.74) is 1.32. The van der Waals surface area contributed by atoms with Gasteiger partial charge < -0.3 is 10.4 Å². The molecule has 0 aliphatic rings. The van der Waals surface area contributed by atoms with Crippen LogP contribution in [0.1, 0.15) is 26.4 Å². The number of carbonyl (C=O) groups is 2. The van der Waals surface area contributed by atoms with Crippen LogP contribution < -0.4 is 5.32 Å². The van der Waals surface area contributed by atoms with Gasteiger partial charge in [-0.2, -0.15) is 0 Å². The van der Waals surface area contributed by atoms with Gasteiger partial charge in [-0.1, -0.05) is 12.1 Å². The number of aromatic nitrogens is 1. The number of aromatic carboxylic acids is 1. The van der Waals surface area contributed by atoms with Crippen LogP contribution in [0, 0.1) is 3.57 Å². The van der Waals surface area contributed by atoms with Crippen LogP contribution in [0.5, 0.6) is 0 Å². The molecule has 0 atom stereocenters. The minimum absolute atomic E-state index is 0.0160. The van der Waals surface area contributed by atoms with Gasteiger partial charge in [0, 0.05) is 21.9 Å². The number of carboxylic acid groups (broad SMARTS) is 1. The summed E-state index contributed by atoms with van der Waals surface area (Å²) in [6.45, 7) is 0.303. The van der Waals surface area contributed by atoms with Crippen LogP contribution in [0.2, 0.25) is 0 Å². The molecule has 0 bridgehead atoms. The number of rotatable bonds is 4. The molecule has 0 saturated carbocycles. The minimum atomic E-state index is -1.07. The van der Waals surface area contributed by atoms with Gasteiger partial charge in [-0.15, -0.1) is 0 Å². The number of hydrogen-bond acceptors (Lipinski definition) is 3. The molecule has 5 nitrogen and oxygen atoms in total. The standard InChI is InChI=1S/C14H11IN2O3/c15-11-3-1-2-10(6-11)13(18)17-8-9-4-5-12(14(19)20)16-7-9/h1-7H,8H2,(H,17,18)(H,19,20). The fourth-order valence-electron chi connectivity index (χ4n) is 1.57. The average molecular weight is 382 g/mol. The van der Waals surface area contributed by atoms with E-state index in [9.17, 15) is 9.59 Å². The summed E-state index contributed by atoms with van der Waals surface area (Å²) in [5, 5.41) is 11.5. The summed E-state index contributed by atoms with van der Waals surface area (Å²) >= 11 is 2.14. The summed E-state index contributed by atoms with van der Waals surface area (Å²) in [6, 6.07) is 10.3. The number of hydrogen-bond donors (Lipinski definition) is 2. The summed E-state index contributed by atoms with van der Waals surface area (Å²) in [5.74, 6) is -1.25. The quantitative estimate of drug-likeness (QED) is 0.796. The Morgan fingerprint density at radius 1 is 1.25 bits per heavy atom. The van der Waals surface area contributed by atoms with Crippen molar-refractivity contribution in [2.24, 2.45) is 0 Å². The zero-order chi connectivity index (χ0) is 14.5. The van der Waals surface area contributed by atoms with Crippen molar-refractivity contribution in [1.29, 1.82) is 0 Å². The fraction of sp³-hybridized carbons (Fsp3) is 0.0714. The lowest BCUT2D eigenvalue weighted by molar-refractivity contribution is 0.0690. The molecule has 1 aromatic heterocycles. The second kappa shape index (κ2) is 6.47. The molecular weight excluding hydrogens is 371 g/mol. The lowest BCUT2D eigenvalue weighted by Crippen LogP contribution is -2.23. The maximum Gasteiger partial charge on any atom is 0.354 e. The Bertz CT molecular complexity index is 641. The lowest BCUT2D eigenvalue weighted by atomic mass is 10.2. The Morgan fingerprint density at radius 2 is 2.05 bits per heavy atom. The van der Waals surface area contributed by atoms with Gasteiger partial charge in [0.1, 0.15) is 5.69 Å². The number of carboxylic acids is 1. The molecule has 1 amide bonds. The number of carbonyl (C=O) groups excluding carboxylic acids is 1. The fourth-order valence-corrected chi connectivity index (χ4v) is 2.11. The van der Waals surface area contributed by atoms with Crippen LogP contribution in [0.4, 0.5) is 0 Å².